The van der Waals surface area contributed by atoms with Gasteiger partial charge in [-0.05, 0) is 30.5 Å². The van der Waals surface area contributed by atoms with Crippen LogP contribution in [0.1, 0.15) is 35.8 Å². The van der Waals surface area contributed by atoms with Crippen molar-refractivity contribution < 1.29 is 0 Å². The number of benzene rings is 1. The number of nitrogen functional groups attached to an aromatic ring is 1. The summed E-state index contributed by atoms with van der Waals surface area (Å²) in [4.78, 5) is 8.93. The quantitative estimate of drug-likeness (QED) is 0.946. The molecule has 1 aliphatic rings. The minimum absolute atomic E-state index is 0.582. The molecule has 1 saturated carbocycles. The Morgan fingerprint density at radius 3 is 2.56 bits per heavy atom. The highest BCUT2D eigenvalue weighted by atomic mass is 79.9. The van der Waals surface area contributed by atoms with Crippen LogP contribution in [0.3, 0.4) is 0 Å². The lowest BCUT2D eigenvalue weighted by atomic mass is 10.1. The third-order valence-corrected chi connectivity index (χ3v) is 3.61. The van der Waals surface area contributed by atoms with Crippen LogP contribution in [0.2, 0.25) is 0 Å². The van der Waals surface area contributed by atoms with Crippen molar-refractivity contribution in [3.8, 4) is 0 Å². The lowest BCUT2D eigenvalue weighted by Crippen LogP contribution is -2.03. The first-order chi connectivity index (χ1) is 8.70. The molecule has 3 rings (SSSR count). The van der Waals surface area contributed by atoms with E-state index in [0.29, 0.717) is 11.7 Å². The number of anilines is 1. The predicted molar refractivity (Wildman–Crippen MR) is 75.4 cm³/mol. The van der Waals surface area contributed by atoms with Gasteiger partial charge in [-0.25, -0.2) is 9.97 Å². The second kappa shape index (κ2) is 4.69. The maximum Gasteiger partial charge on any atom is 0.135 e. The van der Waals surface area contributed by atoms with Crippen LogP contribution in [0.15, 0.2) is 34.8 Å². The van der Waals surface area contributed by atoms with E-state index < -0.39 is 0 Å². The summed E-state index contributed by atoms with van der Waals surface area (Å²) in [6, 6.07) is 10.1. The Morgan fingerprint density at radius 2 is 1.89 bits per heavy atom. The van der Waals surface area contributed by atoms with Gasteiger partial charge in [-0.3, -0.25) is 0 Å². The molecule has 1 fully saturated rings. The minimum Gasteiger partial charge on any atom is -0.384 e. The van der Waals surface area contributed by atoms with E-state index in [-0.39, 0.29) is 0 Å². The predicted octanol–water partition coefficient (Wildman–Crippen LogP) is 3.29. The Labute approximate surface area is 115 Å². The topological polar surface area (TPSA) is 51.8 Å². The summed E-state index contributed by atoms with van der Waals surface area (Å²) >= 11 is 3.43. The lowest BCUT2D eigenvalue weighted by Gasteiger charge is -2.05. The Kier molecular flexibility index (Phi) is 3.04. The number of nitrogens with zero attached hydrogens (tertiary/aromatic N) is 2. The summed E-state index contributed by atoms with van der Waals surface area (Å²) < 4.78 is 1.08. The van der Waals surface area contributed by atoms with Gasteiger partial charge in [-0.1, -0.05) is 28.1 Å². The van der Waals surface area contributed by atoms with E-state index in [4.69, 9.17) is 5.73 Å². The lowest BCUT2D eigenvalue weighted by molar-refractivity contribution is 0.904. The molecule has 0 atom stereocenters. The van der Waals surface area contributed by atoms with Crippen molar-refractivity contribution in [1.82, 2.24) is 9.97 Å². The van der Waals surface area contributed by atoms with Crippen LogP contribution in [0.25, 0.3) is 0 Å². The van der Waals surface area contributed by atoms with Gasteiger partial charge in [-0.2, -0.15) is 0 Å². The fourth-order valence-electron chi connectivity index (χ4n) is 1.99. The Hall–Kier alpha value is -1.42. The number of hydrogen-bond donors (Lipinski definition) is 1. The van der Waals surface area contributed by atoms with Crippen LogP contribution >= 0.6 is 15.9 Å². The van der Waals surface area contributed by atoms with E-state index in [0.717, 1.165) is 22.4 Å². The van der Waals surface area contributed by atoms with Crippen LogP contribution in [0.4, 0.5) is 5.82 Å². The van der Waals surface area contributed by atoms with Gasteiger partial charge in [0.1, 0.15) is 11.6 Å². The molecule has 4 heteroatoms. The maximum atomic E-state index is 5.84. The number of halogens is 1. The number of rotatable bonds is 3. The monoisotopic (exact) mass is 303 g/mol. The zero-order valence-corrected chi connectivity index (χ0v) is 11.5. The second-order valence-corrected chi connectivity index (χ2v) is 5.63. The standard InChI is InChI=1S/C14H14BrN3/c15-11-5-1-9(2-6-11)7-14-17-12(10-3-4-10)8-13(16)18-14/h1-2,5-6,8,10H,3-4,7H2,(H2,16,17,18). The van der Waals surface area contributed by atoms with Gasteiger partial charge in [0.05, 0.1) is 0 Å². The summed E-state index contributed by atoms with van der Waals surface area (Å²) in [5.41, 5.74) is 8.15. The highest BCUT2D eigenvalue weighted by molar-refractivity contribution is 9.10. The van der Waals surface area contributed by atoms with Gasteiger partial charge in [0.25, 0.3) is 0 Å². The molecule has 2 aromatic rings. The molecule has 1 aromatic heterocycles. The largest absolute Gasteiger partial charge is 0.384 e. The molecule has 1 heterocycles. The van der Waals surface area contributed by atoms with Gasteiger partial charge in [-0.15, -0.1) is 0 Å². The zero-order valence-electron chi connectivity index (χ0n) is 9.94. The summed E-state index contributed by atoms with van der Waals surface area (Å²) in [7, 11) is 0. The molecule has 0 spiro atoms. The third kappa shape index (κ3) is 2.70. The van der Waals surface area contributed by atoms with E-state index in [1.807, 2.05) is 18.2 Å². The van der Waals surface area contributed by atoms with Crippen LogP contribution in [0, 0.1) is 0 Å². The number of aromatic nitrogens is 2. The molecule has 1 aromatic carbocycles. The van der Waals surface area contributed by atoms with Gasteiger partial charge in [0, 0.05) is 28.6 Å². The summed E-state index contributed by atoms with van der Waals surface area (Å²) in [6.07, 6.45) is 3.19. The van der Waals surface area contributed by atoms with Gasteiger partial charge < -0.3 is 5.73 Å². The number of hydrogen-bond acceptors (Lipinski definition) is 3. The summed E-state index contributed by atoms with van der Waals surface area (Å²) in [6.45, 7) is 0. The third-order valence-electron chi connectivity index (χ3n) is 3.08. The Bertz CT molecular complexity index is 562. The normalized spacial score (nSPS) is 14.7. The van der Waals surface area contributed by atoms with E-state index in [2.05, 4.69) is 38.0 Å². The van der Waals surface area contributed by atoms with Gasteiger partial charge in [0.15, 0.2) is 0 Å². The van der Waals surface area contributed by atoms with Crippen LogP contribution < -0.4 is 5.73 Å². The van der Waals surface area contributed by atoms with Crippen molar-refractivity contribution in [1.29, 1.82) is 0 Å². The van der Waals surface area contributed by atoms with E-state index in [9.17, 15) is 0 Å². The molecule has 0 unspecified atom stereocenters. The molecule has 18 heavy (non-hydrogen) atoms. The molecule has 0 radical (unpaired) electrons. The SMILES string of the molecule is Nc1cc(C2CC2)nc(Cc2ccc(Br)cc2)n1. The van der Waals surface area contributed by atoms with Gasteiger partial charge >= 0.3 is 0 Å². The first-order valence-electron chi connectivity index (χ1n) is 6.08. The van der Waals surface area contributed by atoms with Crippen molar-refractivity contribution >= 4 is 21.7 Å². The molecule has 2 N–H and O–H groups in total. The molecule has 3 nitrogen and oxygen atoms in total. The van der Waals surface area contributed by atoms with E-state index in [1.165, 1.54) is 18.4 Å². The van der Waals surface area contributed by atoms with Crippen LogP contribution in [0.5, 0.6) is 0 Å². The Balaban J connectivity index is 1.85. The molecule has 0 saturated heterocycles. The van der Waals surface area contributed by atoms with Crippen molar-refractivity contribution in [2.24, 2.45) is 0 Å². The Morgan fingerprint density at radius 1 is 1.17 bits per heavy atom. The summed E-state index contributed by atoms with van der Waals surface area (Å²) in [5.74, 6) is 2.01. The van der Waals surface area contributed by atoms with Gasteiger partial charge in [0.2, 0.25) is 0 Å². The maximum absolute atomic E-state index is 5.84. The van der Waals surface area contributed by atoms with E-state index in [1.54, 1.807) is 0 Å². The summed E-state index contributed by atoms with van der Waals surface area (Å²) in [5, 5.41) is 0. The fraction of sp³-hybridized carbons (Fsp3) is 0.286. The molecule has 0 bridgehead atoms. The minimum atomic E-state index is 0.582. The van der Waals surface area contributed by atoms with Crippen molar-refractivity contribution in [2.75, 3.05) is 5.73 Å². The average Bonchev–Trinajstić information content (AvgIpc) is 3.15. The highest BCUT2D eigenvalue weighted by Gasteiger charge is 2.25. The average molecular weight is 304 g/mol. The van der Waals surface area contributed by atoms with E-state index >= 15 is 0 Å². The first-order valence-corrected chi connectivity index (χ1v) is 6.88. The highest BCUT2D eigenvalue weighted by Crippen LogP contribution is 2.39. The number of nitrogens with two attached hydrogens (primary N) is 1. The molecule has 0 amide bonds. The van der Waals surface area contributed by atoms with Crippen molar-refractivity contribution in [3.63, 3.8) is 0 Å². The van der Waals surface area contributed by atoms with Crippen LogP contribution in [-0.4, -0.2) is 9.97 Å². The molecular weight excluding hydrogens is 290 g/mol. The molecular formula is C14H14BrN3. The first kappa shape index (κ1) is 11.7. The molecule has 0 aliphatic heterocycles. The smallest absolute Gasteiger partial charge is 0.135 e. The van der Waals surface area contributed by atoms with Crippen LogP contribution in [-0.2, 0) is 6.42 Å². The molecule has 1 aliphatic carbocycles. The fourth-order valence-corrected chi connectivity index (χ4v) is 2.26. The second-order valence-electron chi connectivity index (χ2n) is 4.71. The van der Waals surface area contributed by atoms with Crippen molar-refractivity contribution in [3.05, 3.63) is 51.9 Å². The molecule has 92 valence electrons. The van der Waals surface area contributed by atoms with Crippen molar-refractivity contribution in [2.45, 2.75) is 25.2 Å². The zero-order chi connectivity index (χ0) is 12.5.